The average Bonchev–Trinajstić information content (AvgIpc) is 3.32. The third-order valence-electron chi connectivity index (χ3n) is 3.74. The SMILES string of the molecule is COc1ccc2nc(NC(=O)CSc3nnc(-c4ccc(Cl)cc4Cl)o3)sc2c1. The maximum Gasteiger partial charge on any atom is 0.277 e. The molecule has 0 atom stereocenters. The van der Waals surface area contributed by atoms with Crippen LogP contribution in [0.4, 0.5) is 5.13 Å². The molecule has 2 heterocycles. The van der Waals surface area contributed by atoms with E-state index in [4.69, 9.17) is 32.4 Å². The molecular formula is C18H12Cl2N4O3S2. The minimum atomic E-state index is -0.231. The number of methoxy groups -OCH3 is 1. The van der Waals surface area contributed by atoms with Crippen molar-refractivity contribution in [2.75, 3.05) is 18.2 Å². The predicted molar refractivity (Wildman–Crippen MR) is 115 cm³/mol. The molecule has 4 aromatic rings. The Morgan fingerprint density at radius 3 is 2.90 bits per heavy atom. The second-order valence-corrected chi connectivity index (χ2v) is 8.49. The lowest BCUT2D eigenvalue weighted by atomic mass is 10.2. The third kappa shape index (κ3) is 4.64. The normalized spacial score (nSPS) is 11.0. The molecule has 0 fully saturated rings. The summed E-state index contributed by atoms with van der Waals surface area (Å²) in [6, 6.07) is 10.5. The van der Waals surface area contributed by atoms with Crippen molar-refractivity contribution < 1.29 is 13.9 Å². The van der Waals surface area contributed by atoms with E-state index in [2.05, 4.69) is 20.5 Å². The topological polar surface area (TPSA) is 90.1 Å². The highest BCUT2D eigenvalue weighted by atomic mass is 35.5. The van der Waals surface area contributed by atoms with Gasteiger partial charge in [0.25, 0.3) is 5.22 Å². The number of carbonyl (C=O) groups is 1. The maximum atomic E-state index is 12.2. The Balaban J connectivity index is 1.38. The van der Waals surface area contributed by atoms with Gasteiger partial charge in [-0.1, -0.05) is 46.3 Å². The number of hydrogen-bond acceptors (Lipinski definition) is 8. The maximum absolute atomic E-state index is 12.2. The molecule has 29 heavy (non-hydrogen) atoms. The number of hydrogen-bond donors (Lipinski definition) is 1. The summed E-state index contributed by atoms with van der Waals surface area (Å²) in [7, 11) is 1.60. The molecule has 0 aliphatic rings. The Hall–Kier alpha value is -2.33. The Kier molecular flexibility index (Phi) is 5.91. The van der Waals surface area contributed by atoms with E-state index in [0.717, 1.165) is 27.7 Å². The molecule has 0 saturated carbocycles. The van der Waals surface area contributed by atoms with Gasteiger partial charge < -0.3 is 14.5 Å². The van der Waals surface area contributed by atoms with Gasteiger partial charge in [-0.2, -0.15) is 0 Å². The summed E-state index contributed by atoms with van der Waals surface area (Å²) in [6.45, 7) is 0. The van der Waals surface area contributed by atoms with Crippen LogP contribution in [-0.2, 0) is 4.79 Å². The summed E-state index contributed by atoms with van der Waals surface area (Å²) in [5, 5.41) is 12.4. The van der Waals surface area contributed by atoms with Crippen LogP contribution in [0, 0.1) is 0 Å². The molecule has 1 N–H and O–H groups in total. The number of carbonyl (C=O) groups excluding carboxylic acids is 1. The van der Waals surface area contributed by atoms with Gasteiger partial charge >= 0.3 is 0 Å². The van der Waals surface area contributed by atoms with Crippen molar-refractivity contribution in [3.05, 3.63) is 46.4 Å². The largest absolute Gasteiger partial charge is 0.497 e. The number of ether oxygens (including phenoxy) is 1. The fourth-order valence-electron chi connectivity index (χ4n) is 2.41. The minimum absolute atomic E-state index is 0.0925. The summed E-state index contributed by atoms with van der Waals surface area (Å²) in [4.78, 5) is 16.6. The molecule has 0 bridgehead atoms. The molecule has 148 valence electrons. The molecule has 0 aliphatic carbocycles. The standard InChI is InChI=1S/C18H12Cl2N4O3S2/c1-26-10-3-5-13-14(7-10)29-17(21-13)22-15(25)8-28-18-24-23-16(27-18)11-4-2-9(19)6-12(11)20/h2-7H,8H2,1H3,(H,21,22,25). The monoisotopic (exact) mass is 466 g/mol. The van der Waals surface area contributed by atoms with E-state index >= 15 is 0 Å². The van der Waals surface area contributed by atoms with E-state index < -0.39 is 0 Å². The zero-order valence-electron chi connectivity index (χ0n) is 14.8. The van der Waals surface area contributed by atoms with Gasteiger partial charge in [0.2, 0.25) is 11.8 Å². The highest BCUT2D eigenvalue weighted by Crippen LogP contribution is 2.32. The number of amides is 1. The van der Waals surface area contributed by atoms with Crippen LogP contribution in [0.25, 0.3) is 21.7 Å². The summed E-state index contributed by atoms with van der Waals surface area (Å²) >= 11 is 14.5. The molecule has 2 aromatic heterocycles. The van der Waals surface area contributed by atoms with E-state index in [9.17, 15) is 4.79 Å². The number of rotatable bonds is 6. The fourth-order valence-corrected chi connectivity index (χ4v) is 4.37. The Labute approximate surface area is 183 Å². The number of fused-ring (bicyclic) bond motifs is 1. The number of aromatic nitrogens is 3. The number of halogens is 2. The smallest absolute Gasteiger partial charge is 0.277 e. The molecule has 11 heteroatoms. The summed E-state index contributed by atoms with van der Waals surface area (Å²) < 4.78 is 11.7. The van der Waals surface area contributed by atoms with Crippen molar-refractivity contribution >= 4 is 67.6 Å². The summed E-state index contributed by atoms with van der Waals surface area (Å²) in [5.74, 6) is 0.859. The Morgan fingerprint density at radius 2 is 2.10 bits per heavy atom. The number of anilines is 1. The van der Waals surface area contributed by atoms with Gasteiger partial charge in [0.1, 0.15) is 5.75 Å². The highest BCUT2D eigenvalue weighted by molar-refractivity contribution is 7.99. The van der Waals surface area contributed by atoms with Gasteiger partial charge in [0.05, 0.1) is 33.7 Å². The number of thiazole rings is 1. The van der Waals surface area contributed by atoms with Crippen LogP contribution in [0.3, 0.4) is 0 Å². The van der Waals surface area contributed by atoms with Crippen LogP contribution < -0.4 is 10.1 Å². The summed E-state index contributed by atoms with van der Waals surface area (Å²) in [5.41, 5.74) is 1.37. The van der Waals surface area contributed by atoms with Gasteiger partial charge in [0.15, 0.2) is 5.13 Å². The van der Waals surface area contributed by atoms with Gasteiger partial charge in [-0.3, -0.25) is 4.79 Å². The molecule has 0 saturated heterocycles. The van der Waals surface area contributed by atoms with Crippen LogP contribution in [0.5, 0.6) is 5.75 Å². The third-order valence-corrected chi connectivity index (χ3v) is 6.04. The van der Waals surface area contributed by atoms with E-state index in [1.54, 1.807) is 25.3 Å². The van der Waals surface area contributed by atoms with Gasteiger partial charge in [-0.05, 0) is 36.4 Å². The van der Waals surface area contributed by atoms with Gasteiger partial charge in [-0.15, -0.1) is 10.2 Å². The zero-order valence-corrected chi connectivity index (χ0v) is 18.0. The molecule has 7 nitrogen and oxygen atoms in total. The molecule has 2 aromatic carbocycles. The average molecular weight is 467 g/mol. The zero-order chi connectivity index (χ0) is 20.4. The quantitative estimate of drug-likeness (QED) is 0.380. The summed E-state index contributed by atoms with van der Waals surface area (Å²) in [6.07, 6.45) is 0. The second-order valence-electron chi connectivity index (χ2n) is 5.69. The lowest BCUT2D eigenvalue weighted by Gasteiger charge is -1.99. The predicted octanol–water partition coefficient (Wildman–Crippen LogP) is 5.39. The second kappa shape index (κ2) is 8.58. The first-order valence-corrected chi connectivity index (χ1v) is 10.7. The van der Waals surface area contributed by atoms with Crippen LogP contribution >= 0.6 is 46.3 Å². The van der Waals surface area contributed by atoms with Crippen molar-refractivity contribution in [2.45, 2.75) is 5.22 Å². The minimum Gasteiger partial charge on any atom is -0.497 e. The Bertz CT molecular complexity index is 1200. The fraction of sp³-hybridized carbons (Fsp3) is 0.111. The van der Waals surface area contributed by atoms with E-state index in [1.165, 1.54) is 11.3 Å². The van der Waals surface area contributed by atoms with Crippen molar-refractivity contribution in [2.24, 2.45) is 0 Å². The number of nitrogens with zero attached hydrogens (tertiary/aromatic N) is 3. The number of thioether (sulfide) groups is 1. The van der Waals surface area contributed by atoms with Crippen molar-refractivity contribution in [1.82, 2.24) is 15.2 Å². The Morgan fingerprint density at radius 1 is 1.24 bits per heavy atom. The molecule has 1 amide bonds. The van der Waals surface area contributed by atoms with Crippen LogP contribution in [0.2, 0.25) is 10.0 Å². The lowest BCUT2D eigenvalue weighted by molar-refractivity contribution is -0.113. The van der Waals surface area contributed by atoms with Crippen molar-refractivity contribution in [1.29, 1.82) is 0 Å². The lowest BCUT2D eigenvalue weighted by Crippen LogP contribution is -2.13. The first kappa shape index (κ1) is 20.0. The highest BCUT2D eigenvalue weighted by Gasteiger charge is 2.15. The van der Waals surface area contributed by atoms with E-state index in [0.29, 0.717) is 20.7 Å². The molecule has 0 aliphatic heterocycles. The molecule has 4 rings (SSSR count). The van der Waals surface area contributed by atoms with Crippen LogP contribution in [0.1, 0.15) is 0 Å². The van der Waals surface area contributed by atoms with E-state index in [1.807, 2.05) is 18.2 Å². The van der Waals surface area contributed by atoms with Crippen LogP contribution in [-0.4, -0.2) is 34.0 Å². The molecule has 0 spiro atoms. The van der Waals surface area contributed by atoms with Crippen molar-refractivity contribution in [3.8, 4) is 17.2 Å². The molecular weight excluding hydrogens is 455 g/mol. The van der Waals surface area contributed by atoms with Gasteiger partial charge in [-0.25, -0.2) is 4.98 Å². The molecule has 0 unspecified atom stereocenters. The van der Waals surface area contributed by atoms with Crippen molar-refractivity contribution in [3.63, 3.8) is 0 Å². The van der Waals surface area contributed by atoms with E-state index in [-0.39, 0.29) is 22.8 Å². The van der Waals surface area contributed by atoms with Gasteiger partial charge in [0, 0.05) is 5.02 Å². The first-order valence-electron chi connectivity index (χ1n) is 8.18. The first-order chi connectivity index (χ1) is 14.0. The number of nitrogens with one attached hydrogen (secondary N) is 1. The molecule has 0 radical (unpaired) electrons. The van der Waals surface area contributed by atoms with Crippen LogP contribution in [0.15, 0.2) is 46.0 Å². The number of benzene rings is 2.